The van der Waals surface area contributed by atoms with E-state index in [-0.39, 0.29) is 5.56 Å². The van der Waals surface area contributed by atoms with Crippen molar-refractivity contribution in [3.8, 4) is 0 Å². The first-order chi connectivity index (χ1) is 9.99. The number of benzene rings is 1. The van der Waals surface area contributed by atoms with Crippen LogP contribution < -0.4 is 5.32 Å². The molecule has 7 heteroatoms. The predicted octanol–water partition coefficient (Wildman–Crippen LogP) is 2.67. The first-order valence-corrected chi connectivity index (χ1v) is 7.96. The third-order valence-corrected chi connectivity index (χ3v) is 3.92. The number of hydrogen-bond acceptors (Lipinski definition) is 4. The molecule has 0 aromatic heterocycles. The summed E-state index contributed by atoms with van der Waals surface area (Å²) in [7, 11) is 1.54. The molecule has 116 valence electrons. The molecule has 1 atom stereocenters. The van der Waals surface area contributed by atoms with Crippen LogP contribution in [0, 0.1) is 0 Å². The van der Waals surface area contributed by atoms with Crippen LogP contribution in [-0.4, -0.2) is 43.0 Å². The highest BCUT2D eigenvalue weighted by Crippen LogP contribution is 2.23. The normalized spacial score (nSPS) is 12.0. The fourth-order valence-corrected chi connectivity index (χ4v) is 2.37. The maximum atomic E-state index is 12.2. The molecule has 0 saturated heterocycles. The Morgan fingerprint density at radius 2 is 2.19 bits per heavy atom. The zero-order chi connectivity index (χ0) is 15.8. The van der Waals surface area contributed by atoms with Crippen molar-refractivity contribution in [1.82, 2.24) is 5.32 Å². The molecule has 5 nitrogen and oxygen atoms in total. The molecule has 0 aliphatic carbocycles. The minimum absolute atomic E-state index is 0.279. The Balaban J connectivity index is 2.79. The highest BCUT2D eigenvalue weighted by atomic mass is 35.5. The molecule has 1 rings (SSSR count). The van der Waals surface area contributed by atoms with Gasteiger partial charge in [-0.05, 0) is 37.3 Å². The summed E-state index contributed by atoms with van der Waals surface area (Å²) in [6.07, 6.45) is 2.73. The predicted molar refractivity (Wildman–Crippen MR) is 83.2 cm³/mol. The fourth-order valence-electron chi connectivity index (χ4n) is 1.73. The van der Waals surface area contributed by atoms with E-state index in [1.165, 1.54) is 11.8 Å². The second-order valence-electron chi connectivity index (χ2n) is 4.35. The Morgan fingerprint density at radius 3 is 2.76 bits per heavy atom. The second-order valence-corrected chi connectivity index (χ2v) is 5.63. The van der Waals surface area contributed by atoms with Crippen LogP contribution >= 0.6 is 23.4 Å². The van der Waals surface area contributed by atoms with Crippen LogP contribution in [0.4, 0.5) is 0 Å². The lowest BCUT2D eigenvalue weighted by Gasteiger charge is -2.15. The van der Waals surface area contributed by atoms with Gasteiger partial charge in [0.15, 0.2) is 0 Å². The van der Waals surface area contributed by atoms with Crippen molar-refractivity contribution in [3.63, 3.8) is 0 Å². The Morgan fingerprint density at radius 1 is 1.48 bits per heavy atom. The van der Waals surface area contributed by atoms with Crippen LogP contribution in [0.25, 0.3) is 0 Å². The Hall–Kier alpha value is -1.24. The third kappa shape index (κ3) is 5.57. The number of rotatable bonds is 8. The van der Waals surface area contributed by atoms with Gasteiger partial charge in [-0.3, -0.25) is 4.79 Å². The van der Waals surface area contributed by atoms with Crippen molar-refractivity contribution in [2.45, 2.75) is 23.8 Å². The number of thioether (sulfide) groups is 1. The zero-order valence-electron chi connectivity index (χ0n) is 11.9. The molecule has 2 N–H and O–H groups in total. The average molecular weight is 332 g/mol. The topological polar surface area (TPSA) is 75.6 Å². The standard InChI is InChI=1S/C14H18ClNO4S/c1-20-7-3-4-12(14(18)19)16-13(17)10-8-9(21-2)5-6-11(10)15/h5-6,8,12H,3-4,7H2,1-2H3,(H,16,17)(H,18,19). The van der Waals surface area contributed by atoms with E-state index in [0.29, 0.717) is 24.5 Å². The van der Waals surface area contributed by atoms with Gasteiger partial charge in [0.25, 0.3) is 5.91 Å². The van der Waals surface area contributed by atoms with E-state index in [9.17, 15) is 9.59 Å². The highest BCUT2D eigenvalue weighted by Gasteiger charge is 2.21. The van der Waals surface area contributed by atoms with Gasteiger partial charge in [0, 0.05) is 18.6 Å². The average Bonchev–Trinajstić information content (AvgIpc) is 2.46. The fraction of sp³-hybridized carbons (Fsp3) is 0.429. The summed E-state index contributed by atoms with van der Waals surface area (Å²) in [6.45, 7) is 0.447. The summed E-state index contributed by atoms with van der Waals surface area (Å²) in [5, 5.41) is 11.9. The molecule has 0 aliphatic rings. The van der Waals surface area contributed by atoms with Crippen molar-refractivity contribution in [1.29, 1.82) is 0 Å². The lowest BCUT2D eigenvalue weighted by Crippen LogP contribution is -2.41. The van der Waals surface area contributed by atoms with Gasteiger partial charge in [0.05, 0.1) is 10.6 Å². The molecule has 0 radical (unpaired) electrons. The number of aliphatic carboxylic acids is 1. The van der Waals surface area contributed by atoms with Crippen LogP contribution in [0.1, 0.15) is 23.2 Å². The molecule has 0 spiro atoms. The molecule has 1 unspecified atom stereocenters. The number of nitrogens with one attached hydrogen (secondary N) is 1. The molecule has 0 bridgehead atoms. The van der Waals surface area contributed by atoms with Gasteiger partial charge in [-0.25, -0.2) is 4.79 Å². The largest absolute Gasteiger partial charge is 0.480 e. The van der Waals surface area contributed by atoms with Gasteiger partial charge < -0.3 is 15.2 Å². The number of carbonyl (C=O) groups excluding carboxylic acids is 1. The van der Waals surface area contributed by atoms with Crippen LogP contribution in [0.5, 0.6) is 0 Å². The quantitative estimate of drug-likeness (QED) is 0.566. The van der Waals surface area contributed by atoms with E-state index in [2.05, 4.69) is 5.32 Å². The summed E-state index contributed by atoms with van der Waals surface area (Å²) in [5.74, 6) is -1.56. The van der Waals surface area contributed by atoms with E-state index in [1.807, 2.05) is 6.26 Å². The molecule has 0 fully saturated rings. The second kappa shape index (κ2) is 8.92. The van der Waals surface area contributed by atoms with E-state index < -0.39 is 17.9 Å². The van der Waals surface area contributed by atoms with Gasteiger partial charge in [0.1, 0.15) is 6.04 Å². The Bertz CT molecular complexity index is 510. The maximum absolute atomic E-state index is 12.2. The van der Waals surface area contributed by atoms with Gasteiger partial charge in [0.2, 0.25) is 0 Å². The molecular weight excluding hydrogens is 314 g/mol. The lowest BCUT2D eigenvalue weighted by molar-refractivity contribution is -0.139. The molecule has 0 saturated carbocycles. The summed E-state index contributed by atoms with van der Waals surface area (Å²) in [5.41, 5.74) is 0.279. The lowest BCUT2D eigenvalue weighted by atomic mass is 10.1. The van der Waals surface area contributed by atoms with Crippen LogP contribution in [0.2, 0.25) is 5.02 Å². The van der Waals surface area contributed by atoms with Crippen molar-refractivity contribution in [2.75, 3.05) is 20.0 Å². The Kier molecular flexibility index (Phi) is 7.56. The summed E-state index contributed by atoms with van der Waals surface area (Å²) >= 11 is 7.48. The number of carbonyl (C=O) groups is 2. The SMILES string of the molecule is COCCCC(NC(=O)c1cc(SC)ccc1Cl)C(=O)O. The van der Waals surface area contributed by atoms with Crippen LogP contribution in [-0.2, 0) is 9.53 Å². The summed E-state index contributed by atoms with van der Waals surface area (Å²) in [4.78, 5) is 24.2. The number of hydrogen-bond donors (Lipinski definition) is 2. The van der Waals surface area contributed by atoms with Crippen molar-refractivity contribution in [2.24, 2.45) is 0 Å². The van der Waals surface area contributed by atoms with Crippen LogP contribution in [0.15, 0.2) is 23.1 Å². The van der Waals surface area contributed by atoms with E-state index >= 15 is 0 Å². The smallest absolute Gasteiger partial charge is 0.326 e. The monoisotopic (exact) mass is 331 g/mol. The molecule has 21 heavy (non-hydrogen) atoms. The number of halogens is 1. The van der Waals surface area contributed by atoms with Gasteiger partial charge in [-0.15, -0.1) is 11.8 Å². The van der Waals surface area contributed by atoms with E-state index in [1.54, 1.807) is 25.3 Å². The van der Waals surface area contributed by atoms with E-state index in [0.717, 1.165) is 4.90 Å². The zero-order valence-corrected chi connectivity index (χ0v) is 13.5. The number of amides is 1. The van der Waals surface area contributed by atoms with Crippen LogP contribution in [0.3, 0.4) is 0 Å². The van der Waals surface area contributed by atoms with Crippen molar-refractivity contribution >= 4 is 35.2 Å². The number of carboxylic acid groups (broad SMARTS) is 1. The number of methoxy groups -OCH3 is 1. The van der Waals surface area contributed by atoms with Gasteiger partial charge in [-0.2, -0.15) is 0 Å². The van der Waals surface area contributed by atoms with E-state index in [4.69, 9.17) is 21.4 Å². The van der Waals surface area contributed by atoms with Crippen molar-refractivity contribution in [3.05, 3.63) is 28.8 Å². The Labute approximate surface area is 133 Å². The van der Waals surface area contributed by atoms with Crippen molar-refractivity contribution < 1.29 is 19.4 Å². The molecule has 1 aromatic carbocycles. The number of carboxylic acids is 1. The van der Waals surface area contributed by atoms with Gasteiger partial charge >= 0.3 is 5.97 Å². The summed E-state index contributed by atoms with van der Waals surface area (Å²) < 4.78 is 4.88. The molecule has 1 aromatic rings. The highest BCUT2D eigenvalue weighted by molar-refractivity contribution is 7.98. The maximum Gasteiger partial charge on any atom is 0.326 e. The molecular formula is C14H18ClNO4S. The third-order valence-electron chi connectivity index (χ3n) is 2.86. The molecule has 1 amide bonds. The minimum atomic E-state index is -1.07. The molecule has 0 aliphatic heterocycles. The number of ether oxygens (including phenoxy) is 1. The summed E-state index contributed by atoms with van der Waals surface area (Å²) in [6, 6.07) is 4.12. The first kappa shape index (κ1) is 17.8. The first-order valence-electron chi connectivity index (χ1n) is 6.35. The van der Waals surface area contributed by atoms with Gasteiger partial charge in [-0.1, -0.05) is 11.6 Å². The molecule has 0 heterocycles. The minimum Gasteiger partial charge on any atom is -0.480 e.